The lowest BCUT2D eigenvalue weighted by atomic mass is 10.1. The molecule has 118 valence electrons. The summed E-state index contributed by atoms with van der Waals surface area (Å²) in [6.45, 7) is 2.39. The summed E-state index contributed by atoms with van der Waals surface area (Å²) in [5, 5.41) is 9.10. The maximum absolute atomic E-state index is 12.5. The number of aliphatic carboxylic acids is 1. The van der Waals surface area contributed by atoms with Crippen LogP contribution in [0.2, 0.25) is 0 Å². The van der Waals surface area contributed by atoms with E-state index in [4.69, 9.17) is 5.11 Å². The zero-order valence-corrected chi connectivity index (χ0v) is 13.1. The molecule has 21 heavy (non-hydrogen) atoms. The number of carbonyl (C=O) groups is 1. The van der Waals surface area contributed by atoms with Crippen molar-refractivity contribution in [2.45, 2.75) is 24.3 Å². The van der Waals surface area contributed by atoms with Crippen LogP contribution in [0.4, 0.5) is 0 Å². The molecule has 1 aromatic heterocycles. The van der Waals surface area contributed by atoms with Crippen LogP contribution in [-0.4, -0.2) is 45.5 Å². The average molecular weight is 319 g/mol. The third kappa shape index (κ3) is 2.63. The summed E-state index contributed by atoms with van der Waals surface area (Å²) in [7, 11) is -0.872. The number of carboxylic acid groups (broad SMARTS) is 1. The van der Waals surface area contributed by atoms with Gasteiger partial charge in [0.1, 0.15) is 5.54 Å². The summed E-state index contributed by atoms with van der Waals surface area (Å²) in [6, 6.07) is 0. The largest absolute Gasteiger partial charge is 0.480 e. The van der Waals surface area contributed by atoms with E-state index < -0.39 is 37.7 Å². The Hall–Kier alpha value is -1.94. The Balaban J connectivity index is 3.65. The van der Waals surface area contributed by atoms with E-state index in [2.05, 4.69) is 0 Å². The molecule has 0 spiro atoms. The average Bonchev–Trinajstić information content (AvgIpc) is 2.39. The van der Waals surface area contributed by atoms with Crippen LogP contribution in [0, 0.1) is 0 Å². The van der Waals surface area contributed by atoms with Crippen LogP contribution in [0.25, 0.3) is 0 Å². The number of likely N-dealkylation sites (N-methyl/N-ethyl adjacent to an activating group) is 1. The lowest BCUT2D eigenvalue weighted by molar-refractivity contribution is -0.145. The van der Waals surface area contributed by atoms with Crippen molar-refractivity contribution >= 4 is 16.0 Å². The molecule has 0 amide bonds. The van der Waals surface area contributed by atoms with E-state index in [1.807, 2.05) is 0 Å². The van der Waals surface area contributed by atoms with Gasteiger partial charge < -0.3 is 9.67 Å². The standard InChI is InChI=1S/C11H17N3O6S/c1-11(2,9(16)17)14(5)21(19,20)7-6-12(3)10(18)13(4)8(7)15/h6H,1-5H3,(H,16,17). The first-order valence-corrected chi connectivity index (χ1v) is 7.28. The number of sulfonamides is 1. The van der Waals surface area contributed by atoms with Crippen molar-refractivity contribution in [1.29, 1.82) is 0 Å². The molecule has 1 heterocycles. The van der Waals surface area contributed by atoms with Crippen LogP contribution >= 0.6 is 0 Å². The van der Waals surface area contributed by atoms with Gasteiger partial charge in [-0.3, -0.25) is 14.2 Å². The lowest BCUT2D eigenvalue weighted by Gasteiger charge is -2.30. The molecule has 1 N–H and O–H groups in total. The second kappa shape index (κ2) is 5.11. The van der Waals surface area contributed by atoms with Gasteiger partial charge in [0, 0.05) is 27.3 Å². The van der Waals surface area contributed by atoms with Gasteiger partial charge in [-0.05, 0) is 13.8 Å². The maximum Gasteiger partial charge on any atom is 0.330 e. The normalized spacial score (nSPS) is 12.7. The minimum absolute atomic E-state index is 0.587. The number of hydrogen-bond acceptors (Lipinski definition) is 5. The van der Waals surface area contributed by atoms with Crippen molar-refractivity contribution in [1.82, 2.24) is 13.4 Å². The minimum atomic E-state index is -4.37. The molecular formula is C11H17N3O6S. The number of hydrogen-bond donors (Lipinski definition) is 1. The van der Waals surface area contributed by atoms with Gasteiger partial charge in [-0.2, -0.15) is 4.31 Å². The van der Waals surface area contributed by atoms with E-state index >= 15 is 0 Å². The Morgan fingerprint density at radius 1 is 1.29 bits per heavy atom. The Morgan fingerprint density at radius 2 is 1.76 bits per heavy atom. The fourth-order valence-corrected chi connectivity index (χ4v) is 3.16. The predicted molar refractivity (Wildman–Crippen MR) is 73.6 cm³/mol. The zero-order valence-electron chi connectivity index (χ0n) is 12.3. The summed E-state index contributed by atoms with van der Waals surface area (Å²) < 4.78 is 27.1. The van der Waals surface area contributed by atoms with Crippen molar-refractivity contribution in [3.63, 3.8) is 0 Å². The van der Waals surface area contributed by atoms with E-state index in [1.54, 1.807) is 0 Å². The summed E-state index contributed by atoms with van der Waals surface area (Å²) in [6.07, 6.45) is 0.883. The second-order valence-corrected chi connectivity index (χ2v) is 7.03. The highest BCUT2D eigenvalue weighted by Crippen LogP contribution is 2.20. The number of rotatable bonds is 4. The molecule has 9 nitrogen and oxygen atoms in total. The minimum Gasteiger partial charge on any atom is -0.480 e. The van der Waals surface area contributed by atoms with Crippen LogP contribution in [0.3, 0.4) is 0 Å². The van der Waals surface area contributed by atoms with Gasteiger partial charge >= 0.3 is 11.7 Å². The van der Waals surface area contributed by atoms with Crippen LogP contribution in [0.15, 0.2) is 20.7 Å². The van der Waals surface area contributed by atoms with Gasteiger partial charge in [0.05, 0.1) is 0 Å². The molecule has 0 bridgehead atoms. The second-order valence-electron chi connectivity index (χ2n) is 5.09. The molecule has 0 fully saturated rings. The number of aryl methyl sites for hydroxylation is 1. The SMILES string of the molecule is CN(C(C)(C)C(=O)O)S(=O)(=O)c1cn(C)c(=O)n(C)c1=O. The van der Waals surface area contributed by atoms with Crippen molar-refractivity contribution in [2.75, 3.05) is 7.05 Å². The van der Waals surface area contributed by atoms with Crippen molar-refractivity contribution < 1.29 is 18.3 Å². The highest BCUT2D eigenvalue weighted by Gasteiger charge is 2.41. The molecule has 0 unspecified atom stereocenters. The van der Waals surface area contributed by atoms with Gasteiger partial charge in [-0.1, -0.05) is 0 Å². The molecule has 1 aromatic rings. The van der Waals surface area contributed by atoms with Gasteiger partial charge in [0.2, 0.25) is 0 Å². The third-order valence-electron chi connectivity index (χ3n) is 3.36. The number of aromatic nitrogens is 2. The summed E-state index contributed by atoms with van der Waals surface area (Å²) in [5.74, 6) is -1.37. The molecule has 0 aliphatic heterocycles. The first-order chi connectivity index (χ1) is 9.35. The molecule has 0 saturated heterocycles. The summed E-state index contributed by atoms with van der Waals surface area (Å²) >= 11 is 0. The quantitative estimate of drug-likeness (QED) is 0.726. The third-order valence-corrected chi connectivity index (χ3v) is 5.38. The van der Waals surface area contributed by atoms with Crippen molar-refractivity contribution in [3.8, 4) is 0 Å². The zero-order chi connectivity index (χ0) is 16.7. The molecule has 0 aliphatic rings. The van der Waals surface area contributed by atoms with Crippen molar-refractivity contribution in [3.05, 3.63) is 27.0 Å². The first kappa shape index (κ1) is 17.1. The molecule has 0 atom stereocenters. The summed E-state index contributed by atoms with van der Waals surface area (Å²) in [4.78, 5) is 34.1. The highest BCUT2D eigenvalue weighted by molar-refractivity contribution is 7.89. The summed E-state index contributed by atoms with van der Waals surface area (Å²) in [5.41, 5.74) is -3.44. The maximum atomic E-state index is 12.5. The fraction of sp³-hybridized carbons (Fsp3) is 0.545. The Bertz CT molecular complexity index is 802. The molecule has 0 radical (unpaired) electrons. The molecule has 0 aliphatic carbocycles. The fourth-order valence-electron chi connectivity index (χ4n) is 1.53. The molecule has 1 rings (SSSR count). The molecule has 10 heteroatoms. The van der Waals surface area contributed by atoms with E-state index in [0.29, 0.717) is 8.87 Å². The molecule has 0 aromatic carbocycles. The number of carboxylic acids is 1. The van der Waals surface area contributed by atoms with Crippen LogP contribution < -0.4 is 11.2 Å². The van der Waals surface area contributed by atoms with Gasteiger partial charge in [0.25, 0.3) is 15.6 Å². The highest BCUT2D eigenvalue weighted by atomic mass is 32.2. The van der Waals surface area contributed by atoms with Crippen LogP contribution in [0.5, 0.6) is 0 Å². The molecular weight excluding hydrogens is 302 g/mol. The van der Waals surface area contributed by atoms with Crippen LogP contribution in [-0.2, 0) is 28.9 Å². The van der Waals surface area contributed by atoms with Gasteiger partial charge in [-0.25, -0.2) is 13.2 Å². The van der Waals surface area contributed by atoms with Gasteiger partial charge in [-0.15, -0.1) is 0 Å². The Labute approximate surface area is 121 Å². The smallest absolute Gasteiger partial charge is 0.330 e. The predicted octanol–water partition coefficient (Wildman–Crippen LogP) is -1.43. The van der Waals surface area contributed by atoms with E-state index in [1.165, 1.54) is 20.9 Å². The topological polar surface area (TPSA) is 119 Å². The van der Waals surface area contributed by atoms with Gasteiger partial charge in [0.15, 0.2) is 4.90 Å². The molecule has 0 saturated carbocycles. The monoisotopic (exact) mass is 319 g/mol. The van der Waals surface area contributed by atoms with Crippen LogP contribution in [0.1, 0.15) is 13.8 Å². The Morgan fingerprint density at radius 3 is 2.19 bits per heavy atom. The van der Waals surface area contributed by atoms with Crippen molar-refractivity contribution in [2.24, 2.45) is 14.1 Å². The van der Waals surface area contributed by atoms with E-state index in [-0.39, 0.29) is 0 Å². The lowest BCUT2D eigenvalue weighted by Crippen LogP contribution is -2.52. The first-order valence-electron chi connectivity index (χ1n) is 5.84. The van der Waals surface area contributed by atoms with E-state index in [0.717, 1.165) is 24.9 Å². The van der Waals surface area contributed by atoms with E-state index in [9.17, 15) is 22.8 Å². The Kier molecular flexibility index (Phi) is 4.17. The number of nitrogens with zero attached hydrogens (tertiary/aromatic N) is 3.